The monoisotopic (exact) mass is 1230 g/mol. The summed E-state index contributed by atoms with van der Waals surface area (Å²) in [6.45, 7) is 12.7. The standard InChI is InChI=1S/C34H48N3O7P.C31H41N2O7P/c1-34-16-14-24-23-9-7-22(44-45(3,4)41)20-21(23)6-8-25(24)26(34)10-13-29(34)43-19-15-30(38)36-17-5-18-37-33(40)31-28(42-2)12-11-27(35)32(31)39;1-31-15-13-21-20-8-6-19(40-41(3,4)37)17-18(20)5-7-22(21)23(31)9-12-26(31)39-16-14-27(34)33-24-10-11-25(38-2)28(29(24)35)30(32)36/h7,9,11-12,20,24-26,29,39H,5-6,8,10,13-19,35H2,1-4H3,(H,36,38)(H,37,40);6,8,10-11,17,21-23,26,35H,5,7,9,12-16H2,1-4H3,(H2,32,36)(H,33,34). The fourth-order valence-corrected chi connectivity index (χ4v) is 17.0. The number of carbonyl (C=O) groups excluding carboxylic acids is 4. The van der Waals surface area contributed by atoms with Gasteiger partial charge in [0.2, 0.25) is 26.6 Å². The quantitative estimate of drug-likeness (QED) is 0.0177. The lowest BCUT2D eigenvalue weighted by Gasteiger charge is -2.50. The first-order valence-electron chi connectivity index (χ1n) is 30.5. The number of benzene rings is 4. The van der Waals surface area contributed by atoms with Crippen LogP contribution in [-0.4, -0.2) is 113 Å². The first-order valence-corrected chi connectivity index (χ1v) is 35.5. The Bertz CT molecular complexity index is 3270. The fraction of sp³-hybridized carbons (Fsp3) is 0.569. The molecule has 19 nitrogen and oxygen atoms in total. The molecule has 468 valence electrons. The van der Waals surface area contributed by atoms with Crippen molar-refractivity contribution in [2.24, 2.45) is 40.2 Å². The number of nitrogens with two attached hydrogens (primary N) is 2. The highest BCUT2D eigenvalue weighted by Gasteiger charge is 2.57. The molecule has 21 heteroatoms. The van der Waals surface area contributed by atoms with Crippen LogP contribution in [0.4, 0.5) is 11.4 Å². The number of phenolic OH excluding ortho intramolecular Hbond substituents is 1. The number of rotatable bonds is 21. The van der Waals surface area contributed by atoms with E-state index in [1.807, 2.05) is 12.1 Å². The smallest absolute Gasteiger partial charge is 0.258 e. The summed E-state index contributed by atoms with van der Waals surface area (Å²) in [5.74, 6) is 2.80. The SMILES string of the molecule is COc1ccc(N)c(O)c1C(=O)NCCCNC(=O)CCOC1CCC2C3CCc4cc(OP(C)(C)=O)ccc4C3CCC12C.COc1ccc(NC(=O)CCOC2CCC3C4CCc5cc(OP(C)(C)=O)ccc5C4CCC23C)c(O)c1C(N)=O. The van der Waals surface area contributed by atoms with E-state index in [0.717, 1.165) is 77.0 Å². The van der Waals surface area contributed by atoms with Gasteiger partial charge in [0.1, 0.15) is 34.1 Å². The number of fused-ring (bicyclic) bond motifs is 10. The summed E-state index contributed by atoms with van der Waals surface area (Å²) in [4.78, 5) is 49.5. The summed E-state index contributed by atoms with van der Waals surface area (Å²) in [5.41, 5.74) is 16.8. The molecule has 0 spiro atoms. The van der Waals surface area contributed by atoms with Crippen molar-refractivity contribution in [3.05, 3.63) is 94.0 Å². The molecule has 10 rings (SSSR count). The number of anilines is 2. The van der Waals surface area contributed by atoms with E-state index in [2.05, 4.69) is 54.1 Å². The van der Waals surface area contributed by atoms with Gasteiger partial charge < -0.3 is 65.6 Å². The van der Waals surface area contributed by atoms with Crippen LogP contribution in [0.2, 0.25) is 0 Å². The van der Waals surface area contributed by atoms with E-state index in [4.69, 9.17) is 39.5 Å². The molecule has 9 N–H and O–H groups in total. The van der Waals surface area contributed by atoms with Crippen molar-refractivity contribution >= 4 is 49.7 Å². The maximum atomic E-state index is 12.7. The van der Waals surface area contributed by atoms with Gasteiger partial charge in [0.05, 0.1) is 57.4 Å². The molecule has 10 unspecified atom stereocenters. The molecule has 0 saturated heterocycles. The number of aryl methyl sites for hydroxylation is 2. The zero-order valence-electron chi connectivity index (χ0n) is 51.2. The highest BCUT2D eigenvalue weighted by molar-refractivity contribution is 7.58. The molecule has 4 amide bonds. The maximum Gasteiger partial charge on any atom is 0.258 e. The summed E-state index contributed by atoms with van der Waals surface area (Å²) in [5, 5.41) is 28.9. The minimum atomic E-state index is -2.60. The Balaban J connectivity index is 0.000000206. The van der Waals surface area contributed by atoms with Gasteiger partial charge in [-0.1, -0.05) is 26.0 Å². The molecule has 4 fully saturated rings. The van der Waals surface area contributed by atoms with E-state index < -0.39 is 32.3 Å². The first-order chi connectivity index (χ1) is 40.8. The van der Waals surface area contributed by atoms with Crippen LogP contribution in [0.25, 0.3) is 0 Å². The third kappa shape index (κ3) is 14.2. The van der Waals surface area contributed by atoms with Gasteiger partial charge in [-0.05, 0) is 201 Å². The van der Waals surface area contributed by atoms with Crippen LogP contribution in [0, 0.1) is 34.5 Å². The Morgan fingerprint density at radius 1 is 0.616 bits per heavy atom. The molecular formula is C65H89N5O14P2. The van der Waals surface area contributed by atoms with Crippen molar-refractivity contribution in [3.8, 4) is 34.5 Å². The van der Waals surface area contributed by atoms with Gasteiger partial charge in [0, 0.05) is 46.2 Å². The lowest BCUT2D eigenvalue weighted by Crippen LogP contribution is -2.45. The zero-order valence-corrected chi connectivity index (χ0v) is 53.0. The van der Waals surface area contributed by atoms with E-state index in [9.17, 15) is 38.5 Å². The summed E-state index contributed by atoms with van der Waals surface area (Å²) in [7, 11) is -2.41. The second kappa shape index (κ2) is 26.6. The third-order valence-corrected chi connectivity index (χ3v) is 20.9. The van der Waals surface area contributed by atoms with E-state index in [1.165, 1.54) is 60.7 Å². The Morgan fingerprint density at radius 3 is 1.60 bits per heavy atom. The van der Waals surface area contributed by atoms with Gasteiger partial charge in [0.15, 0.2) is 11.5 Å². The molecule has 4 aromatic carbocycles. The molecule has 86 heavy (non-hydrogen) atoms. The lowest BCUT2D eigenvalue weighted by molar-refractivity contribution is -0.124. The zero-order chi connectivity index (χ0) is 61.9. The number of nitrogens with one attached hydrogen (secondary N) is 3. The molecule has 6 aliphatic rings. The average molecular weight is 1230 g/mol. The number of ether oxygens (including phenoxy) is 4. The normalized spacial score (nSPS) is 26.1. The highest BCUT2D eigenvalue weighted by Crippen LogP contribution is 2.63. The predicted molar refractivity (Wildman–Crippen MR) is 332 cm³/mol. The Labute approximate surface area is 506 Å². The largest absolute Gasteiger partial charge is 0.505 e. The lowest BCUT2D eigenvalue weighted by atomic mass is 9.55. The number of carbonyl (C=O) groups is 4. The minimum absolute atomic E-state index is 0.00518. The van der Waals surface area contributed by atoms with Crippen molar-refractivity contribution in [2.75, 3.05) is 78.2 Å². The first kappa shape index (κ1) is 64.2. The summed E-state index contributed by atoms with van der Waals surface area (Å²) in [6, 6.07) is 18.5. The molecule has 0 aromatic heterocycles. The van der Waals surface area contributed by atoms with E-state index >= 15 is 0 Å². The maximum absolute atomic E-state index is 12.7. The van der Waals surface area contributed by atoms with Crippen LogP contribution in [0.5, 0.6) is 34.5 Å². The second-order valence-electron chi connectivity index (χ2n) is 25.7. The van der Waals surface area contributed by atoms with Gasteiger partial charge in [-0.25, -0.2) is 0 Å². The van der Waals surface area contributed by atoms with Crippen LogP contribution >= 0.6 is 14.7 Å². The van der Waals surface area contributed by atoms with Crippen molar-refractivity contribution in [1.29, 1.82) is 0 Å². The van der Waals surface area contributed by atoms with Crippen LogP contribution in [0.15, 0.2) is 60.7 Å². The average Bonchev–Trinajstić information content (AvgIpc) is 1.50. The predicted octanol–water partition coefficient (Wildman–Crippen LogP) is 11.2. The van der Waals surface area contributed by atoms with Crippen LogP contribution < -0.4 is 45.9 Å². The van der Waals surface area contributed by atoms with Crippen molar-refractivity contribution in [2.45, 2.75) is 134 Å². The van der Waals surface area contributed by atoms with Crippen LogP contribution in [0.1, 0.15) is 152 Å². The summed E-state index contributed by atoms with van der Waals surface area (Å²) < 4.78 is 58.7. The summed E-state index contributed by atoms with van der Waals surface area (Å²) >= 11 is 0. The highest BCUT2D eigenvalue weighted by atomic mass is 31.2. The van der Waals surface area contributed by atoms with Crippen LogP contribution in [-0.2, 0) is 41.0 Å². The van der Waals surface area contributed by atoms with E-state index in [0.29, 0.717) is 79.5 Å². The third-order valence-electron chi connectivity index (χ3n) is 19.6. The van der Waals surface area contributed by atoms with Gasteiger partial charge in [0.25, 0.3) is 11.8 Å². The molecule has 10 atom stereocenters. The van der Waals surface area contributed by atoms with Crippen LogP contribution in [0.3, 0.4) is 0 Å². The Morgan fingerprint density at radius 2 is 1.10 bits per heavy atom. The number of hydrogen-bond acceptors (Lipinski definition) is 15. The fourth-order valence-electron chi connectivity index (χ4n) is 15.7. The molecule has 4 aromatic rings. The number of primary amides is 1. The molecule has 0 radical (unpaired) electrons. The molecule has 4 saturated carbocycles. The number of hydrogen-bond donors (Lipinski definition) is 7. The summed E-state index contributed by atoms with van der Waals surface area (Å²) in [6.07, 6.45) is 14.2. The van der Waals surface area contributed by atoms with E-state index in [1.54, 1.807) is 26.7 Å². The number of amides is 4. The van der Waals surface area contributed by atoms with Gasteiger partial charge in [-0.3, -0.25) is 28.3 Å². The van der Waals surface area contributed by atoms with Crippen molar-refractivity contribution in [3.63, 3.8) is 0 Å². The van der Waals surface area contributed by atoms with Gasteiger partial charge in [-0.15, -0.1) is 0 Å². The number of methoxy groups -OCH3 is 2. The molecule has 0 aliphatic heterocycles. The number of aromatic hydroxyl groups is 2. The Hall–Kier alpha value is -6.26. The number of nitrogen functional groups attached to an aromatic ring is 1. The second-order valence-corrected chi connectivity index (χ2v) is 31.1. The molecular weight excluding hydrogens is 1140 g/mol. The molecule has 0 heterocycles. The van der Waals surface area contributed by atoms with Gasteiger partial charge in [-0.2, -0.15) is 0 Å². The topological polar surface area (TPSA) is 286 Å². The van der Waals surface area contributed by atoms with E-state index in [-0.39, 0.29) is 87.6 Å². The van der Waals surface area contributed by atoms with Gasteiger partial charge >= 0.3 is 0 Å². The minimum Gasteiger partial charge on any atom is -0.505 e. The van der Waals surface area contributed by atoms with Crippen molar-refractivity contribution in [1.82, 2.24) is 10.6 Å². The Kier molecular flexibility index (Phi) is 19.9. The molecule has 6 aliphatic carbocycles. The number of phenols is 2. The molecule has 0 bridgehead atoms. The van der Waals surface area contributed by atoms with Crippen molar-refractivity contribution < 1.29 is 66.5 Å².